The zero-order chi connectivity index (χ0) is 13.9. The van der Waals surface area contributed by atoms with Crippen molar-refractivity contribution in [3.8, 4) is 0 Å². The van der Waals surface area contributed by atoms with E-state index in [4.69, 9.17) is 4.74 Å². The molecule has 0 saturated carbocycles. The summed E-state index contributed by atoms with van der Waals surface area (Å²) < 4.78 is 5.34. The first-order valence-electron chi connectivity index (χ1n) is 6.08. The fourth-order valence-electron chi connectivity index (χ4n) is 1.70. The molecule has 1 aliphatic heterocycles. The van der Waals surface area contributed by atoms with E-state index in [0.29, 0.717) is 18.7 Å². The first kappa shape index (κ1) is 14.5. The van der Waals surface area contributed by atoms with Crippen LogP contribution in [0.2, 0.25) is 0 Å². The van der Waals surface area contributed by atoms with Gasteiger partial charge in [-0.2, -0.15) is 0 Å². The summed E-state index contributed by atoms with van der Waals surface area (Å²) in [5.74, 6) is 0.155. The molecular formula is C13H22N2O3. The largest absolute Gasteiger partial charge is 0.443 e. The Bertz CT molecular complexity index is 367. The van der Waals surface area contributed by atoms with Crippen LogP contribution in [-0.2, 0) is 9.53 Å². The molecule has 1 amide bonds. The number of piperidine rings is 1. The summed E-state index contributed by atoms with van der Waals surface area (Å²) in [6.45, 7) is 5.88. The molecule has 1 heterocycles. The number of carbonyl (C=O) groups is 2. The predicted octanol–water partition coefficient (Wildman–Crippen LogP) is 1.99. The number of Topliss-reactive ketones (excluding diaryl/α,β-unsaturated/α-hetero) is 1. The van der Waals surface area contributed by atoms with Crippen molar-refractivity contribution in [1.29, 1.82) is 0 Å². The molecule has 0 unspecified atom stereocenters. The average molecular weight is 254 g/mol. The number of rotatable bonds is 1. The van der Waals surface area contributed by atoms with Crippen molar-refractivity contribution in [1.82, 2.24) is 9.80 Å². The molecule has 0 bridgehead atoms. The van der Waals surface area contributed by atoms with Crippen LogP contribution in [0.3, 0.4) is 0 Å². The molecule has 102 valence electrons. The van der Waals surface area contributed by atoms with Gasteiger partial charge in [-0.05, 0) is 20.8 Å². The maximum atomic E-state index is 12.0. The Hall–Kier alpha value is -1.52. The highest BCUT2D eigenvalue weighted by Crippen LogP contribution is 2.21. The minimum atomic E-state index is -0.526. The van der Waals surface area contributed by atoms with Crippen molar-refractivity contribution in [2.24, 2.45) is 0 Å². The van der Waals surface area contributed by atoms with E-state index in [1.54, 1.807) is 11.1 Å². The molecule has 0 N–H and O–H groups in total. The van der Waals surface area contributed by atoms with E-state index < -0.39 is 5.60 Å². The summed E-state index contributed by atoms with van der Waals surface area (Å²) in [4.78, 5) is 26.9. The van der Waals surface area contributed by atoms with Crippen molar-refractivity contribution in [2.45, 2.75) is 39.2 Å². The normalized spacial score (nSPS) is 19.1. The minimum Gasteiger partial charge on any atom is -0.443 e. The maximum absolute atomic E-state index is 12.0. The predicted molar refractivity (Wildman–Crippen MR) is 69.0 cm³/mol. The molecule has 1 fully saturated rings. The number of hydrogen-bond acceptors (Lipinski definition) is 4. The Labute approximate surface area is 108 Å². The Morgan fingerprint density at radius 2 is 2.00 bits per heavy atom. The molecule has 0 aromatic rings. The number of likely N-dealkylation sites (tertiary alicyclic amines) is 1. The first-order chi connectivity index (χ1) is 8.19. The van der Waals surface area contributed by atoms with Gasteiger partial charge in [0.05, 0.1) is 0 Å². The quantitative estimate of drug-likeness (QED) is 0.718. The van der Waals surface area contributed by atoms with Crippen LogP contribution in [0.1, 0.15) is 33.6 Å². The van der Waals surface area contributed by atoms with Gasteiger partial charge in [-0.25, -0.2) is 4.79 Å². The SMILES string of the molecule is CN(C)/C=C1/CC(=O)CCN1C(=O)OC(C)(C)C. The van der Waals surface area contributed by atoms with E-state index in [2.05, 4.69) is 0 Å². The van der Waals surface area contributed by atoms with Gasteiger partial charge in [0.25, 0.3) is 0 Å². The molecule has 0 radical (unpaired) electrons. The second-order valence-electron chi connectivity index (χ2n) is 5.68. The zero-order valence-corrected chi connectivity index (χ0v) is 11.8. The van der Waals surface area contributed by atoms with Crippen molar-refractivity contribution < 1.29 is 14.3 Å². The van der Waals surface area contributed by atoms with Crippen LogP contribution in [0, 0.1) is 0 Å². The maximum Gasteiger partial charge on any atom is 0.414 e. The highest BCUT2D eigenvalue weighted by atomic mass is 16.6. The number of hydrogen-bond donors (Lipinski definition) is 0. The molecule has 1 rings (SSSR count). The number of amides is 1. The van der Waals surface area contributed by atoms with Crippen LogP contribution in [-0.4, -0.2) is 47.9 Å². The van der Waals surface area contributed by atoms with Crippen molar-refractivity contribution in [3.05, 3.63) is 11.9 Å². The Morgan fingerprint density at radius 3 is 2.50 bits per heavy atom. The lowest BCUT2D eigenvalue weighted by molar-refractivity contribution is -0.120. The molecule has 1 aliphatic rings. The van der Waals surface area contributed by atoms with Gasteiger partial charge in [-0.3, -0.25) is 9.69 Å². The van der Waals surface area contributed by atoms with Crippen molar-refractivity contribution in [2.75, 3.05) is 20.6 Å². The number of nitrogens with zero attached hydrogens (tertiary/aromatic N) is 2. The molecule has 0 atom stereocenters. The topological polar surface area (TPSA) is 49.9 Å². The Kier molecular flexibility index (Phi) is 4.38. The third-order valence-electron chi connectivity index (χ3n) is 2.36. The molecule has 18 heavy (non-hydrogen) atoms. The third kappa shape index (κ3) is 4.39. The first-order valence-corrected chi connectivity index (χ1v) is 6.08. The molecule has 5 heteroatoms. The van der Waals surface area contributed by atoms with Gasteiger partial charge in [-0.15, -0.1) is 0 Å². The summed E-state index contributed by atoms with van der Waals surface area (Å²) in [6.07, 6.45) is 2.09. The highest BCUT2D eigenvalue weighted by Gasteiger charge is 2.29. The number of ether oxygens (including phenoxy) is 1. The molecule has 0 aromatic heterocycles. The summed E-state index contributed by atoms with van der Waals surface area (Å²) >= 11 is 0. The summed E-state index contributed by atoms with van der Waals surface area (Å²) in [5, 5.41) is 0. The molecule has 0 aliphatic carbocycles. The van der Waals surface area contributed by atoms with Crippen LogP contribution in [0.15, 0.2) is 11.9 Å². The number of allylic oxidation sites excluding steroid dienone is 1. The van der Waals surface area contributed by atoms with Gasteiger partial charge >= 0.3 is 6.09 Å². The van der Waals surface area contributed by atoms with Crippen LogP contribution < -0.4 is 0 Å². The molecule has 1 saturated heterocycles. The van der Waals surface area contributed by atoms with Gasteiger partial charge in [0.2, 0.25) is 0 Å². The molecular weight excluding hydrogens is 232 g/mol. The third-order valence-corrected chi connectivity index (χ3v) is 2.36. The van der Waals surface area contributed by atoms with Gasteiger partial charge in [0.15, 0.2) is 0 Å². The highest BCUT2D eigenvalue weighted by molar-refractivity contribution is 5.85. The second-order valence-corrected chi connectivity index (χ2v) is 5.68. The smallest absolute Gasteiger partial charge is 0.414 e. The second kappa shape index (κ2) is 5.42. The van der Waals surface area contributed by atoms with Gasteiger partial charge in [-0.1, -0.05) is 0 Å². The van der Waals surface area contributed by atoms with Gasteiger partial charge < -0.3 is 9.64 Å². The van der Waals surface area contributed by atoms with Crippen LogP contribution in [0.4, 0.5) is 4.79 Å². The lowest BCUT2D eigenvalue weighted by Gasteiger charge is -2.32. The van der Waals surface area contributed by atoms with E-state index in [1.807, 2.05) is 39.8 Å². The Balaban J connectivity index is 2.84. The Morgan fingerprint density at radius 1 is 1.39 bits per heavy atom. The van der Waals surface area contributed by atoms with Gasteiger partial charge in [0.1, 0.15) is 11.4 Å². The monoisotopic (exact) mass is 254 g/mol. The zero-order valence-electron chi connectivity index (χ0n) is 11.8. The van der Waals surface area contributed by atoms with Gasteiger partial charge in [0, 0.05) is 45.4 Å². The average Bonchev–Trinajstić information content (AvgIpc) is 2.13. The van der Waals surface area contributed by atoms with E-state index in [1.165, 1.54) is 0 Å². The minimum absolute atomic E-state index is 0.155. The van der Waals surface area contributed by atoms with E-state index >= 15 is 0 Å². The fourth-order valence-corrected chi connectivity index (χ4v) is 1.70. The summed E-state index contributed by atoms with van der Waals surface area (Å²) in [5.41, 5.74) is 0.174. The molecule has 0 aromatic carbocycles. The number of carbonyl (C=O) groups excluding carboxylic acids is 2. The van der Waals surface area contributed by atoms with Crippen molar-refractivity contribution in [3.63, 3.8) is 0 Å². The standard InChI is InChI=1S/C13H22N2O3/c1-13(2,3)18-12(17)15-7-6-11(16)8-10(15)9-14(4)5/h9H,6-8H2,1-5H3/b10-9-. The van der Waals surface area contributed by atoms with E-state index in [9.17, 15) is 9.59 Å². The fraction of sp³-hybridized carbons (Fsp3) is 0.692. The molecule has 0 spiro atoms. The number of ketones is 1. The van der Waals surface area contributed by atoms with Crippen molar-refractivity contribution >= 4 is 11.9 Å². The van der Waals surface area contributed by atoms with Crippen LogP contribution in [0.5, 0.6) is 0 Å². The van der Waals surface area contributed by atoms with Crippen LogP contribution >= 0.6 is 0 Å². The molecule has 5 nitrogen and oxygen atoms in total. The lowest BCUT2D eigenvalue weighted by atomic mass is 10.1. The van der Waals surface area contributed by atoms with Crippen LogP contribution in [0.25, 0.3) is 0 Å². The van der Waals surface area contributed by atoms with E-state index in [0.717, 1.165) is 0 Å². The van der Waals surface area contributed by atoms with E-state index in [-0.39, 0.29) is 18.3 Å². The lowest BCUT2D eigenvalue weighted by Crippen LogP contribution is -2.41. The summed E-state index contributed by atoms with van der Waals surface area (Å²) in [7, 11) is 3.72. The summed E-state index contributed by atoms with van der Waals surface area (Å²) in [6, 6.07) is 0.